The standard InChI is InChI=1S/C27H26N2O2/c1-17-7-3-4-8-21(17)27-26-24(28-22-9-5-6-10-23(22)29-27)15-19(16-25(26)30)18-11-13-20(31-2)14-12-18/h3-14,19,27-29H,15-16H2,1-2H3/t19-,27-/m1/s1. The summed E-state index contributed by atoms with van der Waals surface area (Å²) in [5.41, 5.74) is 7.38. The lowest BCUT2D eigenvalue weighted by molar-refractivity contribution is -0.116. The molecule has 3 aromatic carbocycles. The van der Waals surface area contributed by atoms with E-state index in [-0.39, 0.29) is 17.7 Å². The first-order chi connectivity index (χ1) is 15.1. The second-order valence-corrected chi connectivity index (χ2v) is 8.30. The van der Waals surface area contributed by atoms with Gasteiger partial charge in [-0.05, 0) is 60.2 Å². The number of allylic oxidation sites excluding steroid dienone is 1. The molecule has 1 aliphatic carbocycles. The lowest BCUT2D eigenvalue weighted by atomic mass is 9.78. The number of carbonyl (C=O) groups is 1. The molecular weight excluding hydrogens is 384 g/mol. The fourth-order valence-electron chi connectivity index (χ4n) is 4.75. The van der Waals surface area contributed by atoms with E-state index in [2.05, 4.69) is 54.0 Å². The van der Waals surface area contributed by atoms with Crippen LogP contribution in [0.1, 0.15) is 41.5 Å². The van der Waals surface area contributed by atoms with Crippen LogP contribution in [-0.2, 0) is 4.79 Å². The van der Waals surface area contributed by atoms with Gasteiger partial charge in [0.15, 0.2) is 5.78 Å². The zero-order valence-electron chi connectivity index (χ0n) is 17.8. The van der Waals surface area contributed by atoms with Gasteiger partial charge in [-0.3, -0.25) is 4.79 Å². The second kappa shape index (κ2) is 7.95. The van der Waals surface area contributed by atoms with Crippen LogP contribution >= 0.6 is 0 Å². The number of hydrogen-bond donors (Lipinski definition) is 2. The summed E-state index contributed by atoms with van der Waals surface area (Å²) in [7, 11) is 1.67. The van der Waals surface area contributed by atoms with Gasteiger partial charge in [0, 0.05) is 17.7 Å². The highest BCUT2D eigenvalue weighted by molar-refractivity contribution is 6.01. The van der Waals surface area contributed by atoms with Gasteiger partial charge in [0.25, 0.3) is 0 Å². The molecule has 156 valence electrons. The number of fused-ring (bicyclic) bond motifs is 1. The molecule has 0 saturated carbocycles. The first kappa shape index (κ1) is 19.4. The highest BCUT2D eigenvalue weighted by Gasteiger charge is 2.36. The summed E-state index contributed by atoms with van der Waals surface area (Å²) in [6.45, 7) is 2.11. The highest BCUT2D eigenvalue weighted by atomic mass is 16.5. The van der Waals surface area contributed by atoms with Crippen molar-refractivity contribution >= 4 is 17.2 Å². The van der Waals surface area contributed by atoms with Crippen LogP contribution in [0.2, 0.25) is 0 Å². The van der Waals surface area contributed by atoms with Crippen molar-refractivity contribution in [1.29, 1.82) is 0 Å². The maximum atomic E-state index is 13.6. The Balaban J connectivity index is 1.59. The number of aryl methyl sites for hydroxylation is 1. The Morgan fingerprint density at radius 2 is 1.58 bits per heavy atom. The number of ether oxygens (including phenoxy) is 1. The molecule has 0 unspecified atom stereocenters. The van der Waals surface area contributed by atoms with Gasteiger partial charge >= 0.3 is 0 Å². The molecule has 0 saturated heterocycles. The van der Waals surface area contributed by atoms with Crippen LogP contribution < -0.4 is 15.4 Å². The molecule has 0 spiro atoms. The van der Waals surface area contributed by atoms with Crippen molar-refractivity contribution in [2.75, 3.05) is 17.7 Å². The molecule has 0 amide bonds. The number of anilines is 2. The molecule has 2 aliphatic rings. The summed E-state index contributed by atoms with van der Waals surface area (Å²) < 4.78 is 5.30. The van der Waals surface area contributed by atoms with Crippen LogP contribution in [0.4, 0.5) is 11.4 Å². The fourth-order valence-corrected chi connectivity index (χ4v) is 4.75. The summed E-state index contributed by atoms with van der Waals surface area (Å²) in [6.07, 6.45) is 1.30. The lowest BCUT2D eigenvalue weighted by Gasteiger charge is -2.30. The third-order valence-electron chi connectivity index (χ3n) is 6.40. The second-order valence-electron chi connectivity index (χ2n) is 8.30. The largest absolute Gasteiger partial charge is 0.497 e. The normalized spacial score (nSPS) is 20.1. The third kappa shape index (κ3) is 3.59. The molecule has 3 aromatic rings. The van der Waals surface area contributed by atoms with Crippen LogP contribution in [-0.4, -0.2) is 12.9 Å². The Kier molecular flexibility index (Phi) is 4.99. The number of para-hydroxylation sites is 2. The van der Waals surface area contributed by atoms with E-state index in [9.17, 15) is 4.79 Å². The molecule has 4 heteroatoms. The molecule has 5 rings (SSSR count). The molecule has 0 aromatic heterocycles. The van der Waals surface area contributed by atoms with Crippen LogP contribution in [0.3, 0.4) is 0 Å². The molecule has 2 atom stereocenters. The van der Waals surface area contributed by atoms with E-state index in [1.54, 1.807) is 7.11 Å². The first-order valence-corrected chi connectivity index (χ1v) is 10.7. The lowest BCUT2D eigenvalue weighted by Crippen LogP contribution is -2.27. The number of benzene rings is 3. The van der Waals surface area contributed by atoms with Crippen molar-refractivity contribution in [2.24, 2.45) is 0 Å². The first-order valence-electron chi connectivity index (χ1n) is 10.7. The van der Waals surface area contributed by atoms with Crippen molar-refractivity contribution in [3.8, 4) is 5.75 Å². The predicted molar refractivity (Wildman–Crippen MR) is 125 cm³/mol. The Hall–Kier alpha value is -3.53. The smallest absolute Gasteiger partial charge is 0.163 e. The van der Waals surface area contributed by atoms with E-state index >= 15 is 0 Å². The quantitative estimate of drug-likeness (QED) is 0.557. The van der Waals surface area contributed by atoms with Gasteiger partial charge in [0.2, 0.25) is 0 Å². The number of methoxy groups -OCH3 is 1. The van der Waals surface area contributed by atoms with Gasteiger partial charge in [0.05, 0.1) is 24.5 Å². The van der Waals surface area contributed by atoms with E-state index in [0.29, 0.717) is 6.42 Å². The van der Waals surface area contributed by atoms with Gasteiger partial charge < -0.3 is 15.4 Å². The minimum Gasteiger partial charge on any atom is -0.497 e. The Morgan fingerprint density at radius 1 is 0.871 bits per heavy atom. The molecule has 31 heavy (non-hydrogen) atoms. The Bertz CT molecular complexity index is 1160. The highest BCUT2D eigenvalue weighted by Crippen LogP contribution is 2.44. The molecule has 0 radical (unpaired) electrons. The molecule has 1 heterocycles. The zero-order chi connectivity index (χ0) is 21.4. The van der Waals surface area contributed by atoms with Crippen molar-refractivity contribution in [1.82, 2.24) is 0 Å². The van der Waals surface area contributed by atoms with Gasteiger partial charge in [-0.15, -0.1) is 0 Å². The SMILES string of the molecule is COc1ccc([C@H]2CC(=O)C3=C(C2)Nc2ccccc2N[C@@H]3c2ccccc2C)cc1. The summed E-state index contributed by atoms with van der Waals surface area (Å²) in [4.78, 5) is 13.6. The number of ketones is 1. The van der Waals surface area contributed by atoms with Gasteiger partial charge in [-0.2, -0.15) is 0 Å². The van der Waals surface area contributed by atoms with Crippen molar-refractivity contribution in [2.45, 2.75) is 31.7 Å². The maximum absolute atomic E-state index is 13.6. The number of Topliss-reactive ketones (excluding diaryl/α,β-unsaturated/α-hetero) is 1. The number of hydrogen-bond acceptors (Lipinski definition) is 4. The third-order valence-corrected chi connectivity index (χ3v) is 6.40. The zero-order valence-corrected chi connectivity index (χ0v) is 17.8. The molecule has 2 N–H and O–H groups in total. The molecular formula is C27H26N2O2. The molecule has 0 fully saturated rings. The minimum atomic E-state index is -0.170. The monoisotopic (exact) mass is 410 g/mol. The van der Waals surface area contributed by atoms with Crippen LogP contribution in [0.5, 0.6) is 5.75 Å². The van der Waals surface area contributed by atoms with Crippen molar-refractivity contribution in [3.63, 3.8) is 0 Å². The average molecular weight is 411 g/mol. The van der Waals surface area contributed by atoms with Crippen LogP contribution in [0.15, 0.2) is 84.1 Å². The maximum Gasteiger partial charge on any atom is 0.163 e. The van der Waals surface area contributed by atoms with Crippen molar-refractivity contribution < 1.29 is 9.53 Å². The minimum absolute atomic E-state index is 0.146. The average Bonchev–Trinajstić information content (AvgIpc) is 2.96. The van der Waals surface area contributed by atoms with E-state index in [1.807, 2.05) is 36.4 Å². The van der Waals surface area contributed by atoms with Gasteiger partial charge in [0.1, 0.15) is 5.75 Å². The van der Waals surface area contributed by atoms with Crippen LogP contribution in [0.25, 0.3) is 0 Å². The number of carbonyl (C=O) groups excluding carboxylic acids is 1. The Labute approximate surface area is 183 Å². The molecule has 4 nitrogen and oxygen atoms in total. The van der Waals surface area contributed by atoms with Crippen molar-refractivity contribution in [3.05, 3.63) is 101 Å². The van der Waals surface area contributed by atoms with Gasteiger partial charge in [-0.25, -0.2) is 0 Å². The molecule has 0 bridgehead atoms. The summed E-state index contributed by atoms with van der Waals surface area (Å²) in [5.74, 6) is 1.17. The Morgan fingerprint density at radius 3 is 2.32 bits per heavy atom. The number of nitrogens with one attached hydrogen (secondary N) is 2. The van der Waals surface area contributed by atoms with E-state index in [1.165, 1.54) is 11.1 Å². The van der Waals surface area contributed by atoms with E-state index in [0.717, 1.165) is 40.4 Å². The van der Waals surface area contributed by atoms with Crippen LogP contribution in [0, 0.1) is 6.92 Å². The topological polar surface area (TPSA) is 50.4 Å². The number of rotatable bonds is 3. The predicted octanol–water partition coefficient (Wildman–Crippen LogP) is 5.98. The summed E-state index contributed by atoms with van der Waals surface area (Å²) >= 11 is 0. The van der Waals surface area contributed by atoms with E-state index < -0.39 is 0 Å². The fraction of sp³-hybridized carbons (Fsp3) is 0.222. The molecule has 1 aliphatic heterocycles. The van der Waals surface area contributed by atoms with E-state index in [4.69, 9.17) is 4.74 Å². The summed E-state index contributed by atoms with van der Waals surface area (Å²) in [6, 6.07) is 24.4. The summed E-state index contributed by atoms with van der Waals surface area (Å²) in [5, 5.41) is 7.26. The van der Waals surface area contributed by atoms with Gasteiger partial charge in [-0.1, -0.05) is 48.5 Å².